The van der Waals surface area contributed by atoms with Gasteiger partial charge in [0, 0.05) is 37.9 Å². The Hall–Kier alpha value is -1.67. The summed E-state index contributed by atoms with van der Waals surface area (Å²) < 4.78 is 12.9. The van der Waals surface area contributed by atoms with Crippen LogP contribution in [0.5, 0.6) is 0 Å². The standard InChI is InChI=1S/C24H36ClN3O3Si/c1-6-31-24(29)18-9-7-17(8-10-18)22-19(16(2)26)13-21(25)20-14-28(27-23(20)22)15-30-11-12-32(3,4)5/h7,13-14,16,18H,6,8-12,15,26H2,1-5H3. The Labute approximate surface area is 197 Å². The van der Waals surface area contributed by atoms with E-state index in [0.29, 0.717) is 24.8 Å². The van der Waals surface area contributed by atoms with Crippen LogP contribution in [0, 0.1) is 5.92 Å². The molecule has 1 aromatic carbocycles. The highest BCUT2D eigenvalue weighted by Crippen LogP contribution is 2.40. The van der Waals surface area contributed by atoms with Gasteiger partial charge in [0.25, 0.3) is 0 Å². The molecule has 3 rings (SSSR count). The zero-order valence-electron chi connectivity index (χ0n) is 19.9. The van der Waals surface area contributed by atoms with Crippen molar-refractivity contribution in [3.63, 3.8) is 0 Å². The molecule has 1 aromatic heterocycles. The van der Waals surface area contributed by atoms with Crippen LogP contribution in [-0.4, -0.2) is 37.0 Å². The topological polar surface area (TPSA) is 79.4 Å². The average molecular weight is 478 g/mol. The number of carbonyl (C=O) groups excluding carboxylic acids is 1. The number of hydrogen-bond acceptors (Lipinski definition) is 5. The van der Waals surface area contributed by atoms with Gasteiger partial charge >= 0.3 is 5.97 Å². The molecule has 176 valence electrons. The van der Waals surface area contributed by atoms with Crippen molar-refractivity contribution in [2.45, 2.75) is 71.6 Å². The second kappa shape index (κ2) is 10.5. The van der Waals surface area contributed by atoms with Crippen LogP contribution in [-0.2, 0) is 21.0 Å². The van der Waals surface area contributed by atoms with E-state index in [1.165, 1.54) is 5.57 Å². The first-order valence-electron chi connectivity index (χ1n) is 11.5. The van der Waals surface area contributed by atoms with Gasteiger partial charge in [-0.3, -0.25) is 4.79 Å². The van der Waals surface area contributed by atoms with Gasteiger partial charge in [-0.1, -0.05) is 37.3 Å². The molecule has 2 aromatic rings. The molecule has 1 aliphatic rings. The molecule has 8 heteroatoms. The second-order valence-electron chi connectivity index (χ2n) is 9.84. The molecule has 0 saturated heterocycles. The highest BCUT2D eigenvalue weighted by Gasteiger charge is 2.27. The number of rotatable bonds is 9. The smallest absolute Gasteiger partial charge is 0.309 e. The van der Waals surface area contributed by atoms with Crippen LogP contribution < -0.4 is 5.73 Å². The van der Waals surface area contributed by atoms with Crippen molar-refractivity contribution in [1.82, 2.24) is 9.78 Å². The number of esters is 1. The van der Waals surface area contributed by atoms with Gasteiger partial charge < -0.3 is 15.2 Å². The lowest BCUT2D eigenvalue weighted by Crippen LogP contribution is -2.22. The first-order chi connectivity index (χ1) is 15.1. The SMILES string of the molecule is CCOC(=O)C1CC=C(c2c(C(C)N)cc(Cl)c3cn(COCC[Si](C)(C)C)nc23)CC1. The number of fused-ring (bicyclic) bond motifs is 1. The lowest BCUT2D eigenvalue weighted by atomic mass is 9.83. The van der Waals surface area contributed by atoms with E-state index in [4.69, 9.17) is 31.9 Å². The number of hydrogen-bond donors (Lipinski definition) is 1. The summed E-state index contributed by atoms with van der Waals surface area (Å²) in [6.45, 7) is 12.4. The number of ether oxygens (including phenoxy) is 2. The average Bonchev–Trinajstić information content (AvgIpc) is 3.15. The summed E-state index contributed by atoms with van der Waals surface area (Å²) in [6.07, 6.45) is 6.29. The summed E-state index contributed by atoms with van der Waals surface area (Å²) in [5, 5.41) is 6.38. The van der Waals surface area contributed by atoms with Gasteiger partial charge in [0.1, 0.15) is 12.2 Å². The van der Waals surface area contributed by atoms with E-state index in [0.717, 1.165) is 47.5 Å². The normalized spacial score (nSPS) is 18.0. The fourth-order valence-electron chi connectivity index (χ4n) is 4.04. The Kier molecular flexibility index (Phi) is 8.19. The minimum absolute atomic E-state index is 0.0856. The van der Waals surface area contributed by atoms with Crippen LogP contribution in [0.3, 0.4) is 0 Å². The largest absolute Gasteiger partial charge is 0.466 e. The molecule has 0 spiro atoms. The van der Waals surface area contributed by atoms with Crippen LogP contribution in [0.2, 0.25) is 30.7 Å². The second-order valence-corrected chi connectivity index (χ2v) is 15.9. The number of benzene rings is 1. The summed E-state index contributed by atoms with van der Waals surface area (Å²) >= 11 is 6.63. The zero-order chi connectivity index (χ0) is 23.5. The molecule has 2 unspecified atom stereocenters. The molecule has 2 N–H and O–H groups in total. The first kappa shape index (κ1) is 25.0. The molecule has 1 heterocycles. The quantitative estimate of drug-likeness (QED) is 0.282. The number of halogens is 1. The van der Waals surface area contributed by atoms with Crippen molar-refractivity contribution < 1.29 is 14.3 Å². The highest BCUT2D eigenvalue weighted by atomic mass is 35.5. The Bertz CT molecular complexity index is 995. The highest BCUT2D eigenvalue weighted by molar-refractivity contribution is 6.76. The van der Waals surface area contributed by atoms with E-state index in [-0.39, 0.29) is 17.9 Å². The molecule has 0 amide bonds. The van der Waals surface area contributed by atoms with E-state index in [9.17, 15) is 4.79 Å². The van der Waals surface area contributed by atoms with E-state index < -0.39 is 8.07 Å². The maximum absolute atomic E-state index is 12.1. The Morgan fingerprint density at radius 2 is 2.16 bits per heavy atom. The molecule has 0 radical (unpaired) electrons. The van der Waals surface area contributed by atoms with Crippen LogP contribution in [0.15, 0.2) is 18.3 Å². The Balaban J connectivity index is 1.90. The third-order valence-corrected chi connectivity index (χ3v) is 7.91. The van der Waals surface area contributed by atoms with Gasteiger partial charge in [-0.2, -0.15) is 5.10 Å². The van der Waals surface area contributed by atoms with Crippen LogP contribution >= 0.6 is 11.6 Å². The lowest BCUT2D eigenvalue weighted by Gasteiger charge is -2.23. The number of aromatic nitrogens is 2. The van der Waals surface area contributed by atoms with Crippen LogP contribution in [0.25, 0.3) is 16.5 Å². The molecule has 0 saturated carbocycles. The maximum Gasteiger partial charge on any atom is 0.309 e. The van der Waals surface area contributed by atoms with E-state index in [2.05, 4.69) is 25.7 Å². The van der Waals surface area contributed by atoms with E-state index >= 15 is 0 Å². The fraction of sp³-hybridized carbons (Fsp3) is 0.583. The van der Waals surface area contributed by atoms with Gasteiger partial charge in [0.15, 0.2) is 0 Å². The van der Waals surface area contributed by atoms with E-state index in [1.54, 1.807) is 0 Å². The third kappa shape index (κ3) is 6.01. The lowest BCUT2D eigenvalue weighted by molar-refractivity contribution is -0.148. The van der Waals surface area contributed by atoms with Crippen LogP contribution in [0.4, 0.5) is 0 Å². The van der Waals surface area contributed by atoms with E-state index in [1.807, 2.05) is 30.8 Å². The molecule has 0 bridgehead atoms. The molecule has 6 nitrogen and oxygen atoms in total. The molecular formula is C24H36ClN3O3Si. The molecule has 32 heavy (non-hydrogen) atoms. The maximum atomic E-state index is 12.1. The summed E-state index contributed by atoms with van der Waals surface area (Å²) in [5.41, 5.74) is 10.4. The Morgan fingerprint density at radius 1 is 1.41 bits per heavy atom. The predicted molar refractivity (Wildman–Crippen MR) is 133 cm³/mol. The summed E-state index contributed by atoms with van der Waals surface area (Å²) in [6, 6.07) is 2.89. The number of nitrogens with two attached hydrogens (primary N) is 1. The monoisotopic (exact) mass is 477 g/mol. The fourth-order valence-corrected chi connectivity index (χ4v) is 5.05. The molecule has 0 aliphatic heterocycles. The van der Waals surface area contributed by atoms with Crippen molar-refractivity contribution in [2.75, 3.05) is 13.2 Å². The number of nitrogens with zero attached hydrogens (tertiary/aromatic N) is 2. The van der Waals surface area contributed by atoms with Crippen molar-refractivity contribution >= 4 is 42.1 Å². The minimum atomic E-state index is -1.14. The number of carbonyl (C=O) groups is 1. The Morgan fingerprint density at radius 3 is 2.75 bits per heavy atom. The van der Waals surface area contributed by atoms with Crippen molar-refractivity contribution in [2.24, 2.45) is 11.7 Å². The van der Waals surface area contributed by atoms with Gasteiger partial charge in [-0.15, -0.1) is 0 Å². The molecular weight excluding hydrogens is 442 g/mol. The van der Waals surface area contributed by atoms with Gasteiger partial charge in [-0.05, 0) is 56.4 Å². The van der Waals surface area contributed by atoms with Crippen molar-refractivity contribution in [3.05, 3.63) is 34.5 Å². The first-order valence-corrected chi connectivity index (χ1v) is 15.6. The minimum Gasteiger partial charge on any atom is -0.466 e. The van der Waals surface area contributed by atoms with Crippen LogP contribution in [0.1, 0.15) is 50.3 Å². The molecule has 2 atom stereocenters. The van der Waals surface area contributed by atoms with Crippen molar-refractivity contribution in [1.29, 1.82) is 0 Å². The summed E-state index contributed by atoms with van der Waals surface area (Å²) in [4.78, 5) is 12.1. The summed E-state index contributed by atoms with van der Waals surface area (Å²) in [7, 11) is -1.14. The number of allylic oxidation sites excluding steroid dienone is 2. The molecule has 0 fully saturated rings. The summed E-state index contributed by atoms with van der Waals surface area (Å²) in [5.74, 6) is -0.200. The van der Waals surface area contributed by atoms with Gasteiger partial charge in [0.05, 0.1) is 17.5 Å². The third-order valence-electron chi connectivity index (χ3n) is 5.89. The van der Waals surface area contributed by atoms with Crippen molar-refractivity contribution in [3.8, 4) is 0 Å². The zero-order valence-corrected chi connectivity index (χ0v) is 21.7. The van der Waals surface area contributed by atoms with Gasteiger partial charge in [0.2, 0.25) is 0 Å². The predicted octanol–water partition coefficient (Wildman–Crippen LogP) is 5.77. The molecule has 1 aliphatic carbocycles. The van der Waals surface area contributed by atoms with Gasteiger partial charge in [-0.25, -0.2) is 4.68 Å².